The molecule has 9 rings (SSSR count). The van der Waals surface area contributed by atoms with Gasteiger partial charge in [-0.25, -0.2) is 0 Å². The van der Waals surface area contributed by atoms with Crippen molar-refractivity contribution in [2.45, 2.75) is 39.0 Å². The summed E-state index contributed by atoms with van der Waals surface area (Å²) in [4.78, 5) is 2.42. The van der Waals surface area contributed by atoms with Crippen LogP contribution in [0.4, 0.5) is 17.1 Å². The van der Waals surface area contributed by atoms with Gasteiger partial charge in [-0.05, 0) is 101 Å². The largest absolute Gasteiger partial charge is 0.347 e. The van der Waals surface area contributed by atoms with Crippen LogP contribution in [0, 0.1) is 6.92 Å². The van der Waals surface area contributed by atoms with E-state index in [-0.39, 0.29) is 5.41 Å². The predicted octanol–water partition coefficient (Wildman–Crippen LogP) is 13.1. The van der Waals surface area contributed by atoms with Crippen LogP contribution in [0.25, 0.3) is 50.7 Å². The zero-order chi connectivity index (χ0) is 34.7. The zero-order valence-corrected chi connectivity index (χ0v) is 29.8. The molecular formula is C49H42N2. The summed E-state index contributed by atoms with van der Waals surface area (Å²) in [7, 11) is 2.24. The number of nitrogens with zero attached hydrogens (tertiary/aromatic N) is 2. The Bertz CT molecular complexity index is 2420. The van der Waals surface area contributed by atoms with Crippen LogP contribution in [-0.2, 0) is 18.9 Å². The predicted molar refractivity (Wildman–Crippen MR) is 216 cm³/mol. The molecule has 0 radical (unpaired) electrons. The highest BCUT2D eigenvalue weighted by Gasteiger charge is 2.35. The normalized spacial score (nSPS) is 13.8. The van der Waals surface area contributed by atoms with E-state index in [2.05, 4.69) is 195 Å². The highest BCUT2D eigenvalue weighted by molar-refractivity contribution is 5.92. The molecule has 51 heavy (non-hydrogen) atoms. The third-order valence-corrected chi connectivity index (χ3v) is 11.2. The zero-order valence-electron chi connectivity index (χ0n) is 29.8. The van der Waals surface area contributed by atoms with Crippen molar-refractivity contribution in [3.8, 4) is 44.6 Å². The summed E-state index contributed by atoms with van der Waals surface area (Å²) in [6, 6.07) is 53.8. The number of aromatic nitrogens is 1. The first kappa shape index (κ1) is 31.1. The minimum atomic E-state index is -0.0824. The Morgan fingerprint density at radius 1 is 0.569 bits per heavy atom. The molecule has 0 N–H and O–H groups in total. The number of benzene rings is 6. The lowest BCUT2D eigenvalue weighted by Crippen LogP contribution is -2.16. The summed E-state index contributed by atoms with van der Waals surface area (Å²) >= 11 is 0. The number of anilines is 3. The Kier molecular flexibility index (Phi) is 7.44. The Labute approximate surface area is 302 Å². The van der Waals surface area contributed by atoms with Gasteiger partial charge in [-0.15, -0.1) is 0 Å². The Hall–Kier alpha value is -5.86. The molecule has 0 fully saturated rings. The van der Waals surface area contributed by atoms with Crippen LogP contribution < -0.4 is 4.90 Å². The van der Waals surface area contributed by atoms with E-state index < -0.39 is 0 Å². The molecule has 1 heterocycles. The number of hydrogen-bond donors (Lipinski definition) is 0. The molecule has 6 aromatic carbocycles. The summed E-state index contributed by atoms with van der Waals surface area (Å²) < 4.78 is 2.43. The van der Waals surface area contributed by atoms with Gasteiger partial charge in [0.15, 0.2) is 0 Å². The molecule has 0 bridgehead atoms. The van der Waals surface area contributed by atoms with Crippen LogP contribution in [0.2, 0.25) is 0 Å². The van der Waals surface area contributed by atoms with Gasteiger partial charge in [-0.3, -0.25) is 0 Å². The molecule has 2 heteroatoms. The molecular weight excluding hydrogens is 617 g/mol. The van der Waals surface area contributed by atoms with Gasteiger partial charge < -0.3 is 9.47 Å². The van der Waals surface area contributed by atoms with Gasteiger partial charge in [0.25, 0.3) is 0 Å². The van der Waals surface area contributed by atoms with Crippen molar-refractivity contribution >= 4 is 23.1 Å². The summed E-state index contributed by atoms with van der Waals surface area (Å²) in [5, 5.41) is 0. The molecule has 248 valence electrons. The second kappa shape index (κ2) is 12.2. The number of allylic oxidation sites excluding steroid dienone is 1. The fraction of sp³-hybridized carbons (Fsp3) is 0.143. The van der Waals surface area contributed by atoms with Gasteiger partial charge in [-0.2, -0.15) is 0 Å². The summed E-state index contributed by atoms with van der Waals surface area (Å²) in [6.45, 7) is 6.87. The molecule has 0 saturated carbocycles. The Morgan fingerprint density at radius 3 is 1.88 bits per heavy atom. The molecule has 0 spiro atoms. The first-order chi connectivity index (χ1) is 24.9. The van der Waals surface area contributed by atoms with Gasteiger partial charge in [0.1, 0.15) is 0 Å². The van der Waals surface area contributed by atoms with Gasteiger partial charge in [0.2, 0.25) is 0 Å². The summed E-state index contributed by atoms with van der Waals surface area (Å²) in [5.74, 6) is 0. The van der Waals surface area contributed by atoms with Crippen molar-refractivity contribution in [2.75, 3.05) is 4.90 Å². The van der Waals surface area contributed by atoms with Crippen LogP contribution in [0.15, 0.2) is 152 Å². The lowest BCUT2D eigenvalue weighted by Gasteiger charge is -2.28. The SMILES string of the molecule is Cc1ccc(-c2c(-c3ccc(N(c4ccc(-c5ccccc5)cc4)c4ccc5c(c4)C(C)(C)c4ccccc4-5)cc3)c3c(n2C)CCC=C3)cc1. The van der Waals surface area contributed by atoms with Crippen LogP contribution >= 0.6 is 0 Å². The smallest absolute Gasteiger partial charge is 0.0565 e. The third-order valence-electron chi connectivity index (χ3n) is 11.2. The summed E-state index contributed by atoms with van der Waals surface area (Å²) in [6.07, 6.45) is 6.81. The van der Waals surface area contributed by atoms with Crippen LogP contribution in [0.3, 0.4) is 0 Å². The molecule has 2 aliphatic carbocycles. The van der Waals surface area contributed by atoms with E-state index in [1.54, 1.807) is 0 Å². The molecule has 2 nitrogen and oxygen atoms in total. The van der Waals surface area contributed by atoms with E-state index in [1.807, 2.05) is 0 Å². The lowest BCUT2D eigenvalue weighted by atomic mass is 9.82. The van der Waals surface area contributed by atoms with Gasteiger partial charge in [-0.1, -0.05) is 141 Å². The number of aryl methyl sites for hydroxylation is 1. The molecule has 0 unspecified atom stereocenters. The average Bonchev–Trinajstić information content (AvgIpc) is 3.60. The van der Waals surface area contributed by atoms with E-state index >= 15 is 0 Å². The molecule has 2 aliphatic rings. The fourth-order valence-corrected chi connectivity index (χ4v) is 8.49. The maximum absolute atomic E-state index is 2.43. The quantitative estimate of drug-likeness (QED) is 0.173. The van der Waals surface area contributed by atoms with Gasteiger partial charge in [0, 0.05) is 46.3 Å². The van der Waals surface area contributed by atoms with Crippen molar-refractivity contribution in [3.05, 3.63) is 180 Å². The van der Waals surface area contributed by atoms with Crippen LogP contribution in [-0.4, -0.2) is 4.57 Å². The van der Waals surface area contributed by atoms with E-state index in [0.717, 1.165) is 29.9 Å². The van der Waals surface area contributed by atoms with Crippen molar-refractivity contribution in [1.29, 1.82) is 0 Å². The van der Waals surface area contributed by atoms with Crippen molar-refractivity contribution in [1.82, 2.24) is 4.57 Å². The minimum Gasteiger partial charge on any atom is -0.347 e. The molecule has 0 atom stereocenters. The van der Waals surface area contributed by atoms with E-state index in [9.17, 15) is 0 Å². The first-order valence-corrected chi connectivity index (χ1v) is 18.1. The summed E-state index contributed by atoms with van der Waals surface area (Å²) in [5.41, 5.74) is 20.4. The van der Waals surface area contributed by atoms with Crippen molar-refractivity contribution in [3.63, 3.8) is 0 Å². The lowest BCUT2D eigenvalue weighted by molar-refractivity contribution is 0.660. The van der Waals surface area contributed by atoms with Gasteiger partial charge in [0.05, 0.1) is 5.69 Å². The Balaban J connectivity index is 1.17. The Morgan fingerprint density at radius 2 is 1.16 bits per heavy atom. The van der Waals surface area contributed by atoms with Crippen LogP contribution in [0.5, 0.6) is 0 Å². The molecule has 0 aliphatic heterocycles. The van der Waals surface area contributed by atoms with E-state index in [0.29, 0.717) is 0 Å². The van der Waals surface area contributed by atoms with E-state index in [1.165, 1.54) is 72.6 Å². The maximum Gasteiger partial charge on any atom is 0.0565 e. The fourth-order valence-electron chi connectivity index (χ4n) is 8.49. The second-order valence-corrected chi connectivity index (χ2v) is 14.6. The van der Waals surface area contributed by atoms with Crippen molar-refractivity contribution < 1.29 is 0 Å². The maximum atomic E-state index is 2.43. The van der Waals surface area contributed by atoms with Crippen molar-refractivity contribution in [2.24, 2.45) is 7.05 Å². The molecule has 0 saturated heterocycles. The average molecular weight is 659 g/mol. The molecule has 1 aromatic heterocycles. The number of fused-ring (bicyclic) bond motifs is 4. The highest BCUT2D eigenvalue weighted by atomic mass is 15.1. The van der Waals surface area contributed by atoms with Crippen LogP contribution in [0.1, 0.15) is 48.2 Å². The monoisotopic (exact) mass is 658 g/mol. The third kappa shape index (κ3) is 5.17. The number of rotatable bonds is 6. The molecule has 7 aromatic rings. The molecule has 0 amide bonds. The minimum absolute atomic E-state index is 0.0824. The number of hydrogen-bond acceptors (Lipinski definition) is 1. The second-order valence-electron chi connectivity index (χ2n) is 14.6. The van der Waals surface area contributed by atoms with Gasteiger partial charge >= 0.3 is 0 Å². The first-order valence-electron chi connectivity index (χ1n) is 18.1. The highest BCUT2D eigenvalue weighted by Crippen LogP contribution is 2.51. The topological polar surface area (TPSA) is 8.17 Å². The van der Waals surface area contributed by atoms with E-state index in [4.69, 9.17) is 0 Å². The standard InChI is InChI=1S/C49H42N2/c1-33-18-20-37(21-19-33)48-47(43-15-9-11-17-46(43)50(48)4)36-24-28-39(29-25-36)51(38-26-22-35(23-27-38)34-12-6-5-7-13-34)40-30-31-42-41-14-8-10-16-44(41)49(2,3)45(42)32-40/h5-10,12-16,18-32H,11,17H2,1-4H3.